The molecule has 0 unspecified atom stereocenters. The lowest BCUT2D eigenvalue weighted by Gasteiger charge is -1.97. The molecule has 1 nitrogen and oxygen atoms in total. The van der Waals surface area contributed by atoms with Crippen LogP contribution in [0.15, 0.2) is 0 Å². The van der Waals surface area contributed by atoms with E-state index in [1.165, 1.54) is 32.1 Å². The van der Waals surface area contributed by atoms with Gasteiger partial charge in [-0.2, -0.15) is 0 Å². The van der Waals surface area contributed by atoms with E-state index >= 15 is 0 Å². The van der Waals surface area contributed by atoms with E-state index in [0.717, 1.165) is 12.8 Å². The van der Waals surface area contributed by atoms with E-state index in [4.69, 9.17) is 17.0 Å². The number of unbranched alkanes of at least 4 members (excludes halogenated alkanes) is 5. The lowest BCUT2D eigenvalue weighted by atomic mass is 10.1. The van der Waals surface area contributed by atoms with Crippen molar-refractivity contribution >= 4 is 16.8 Å². The van der Waals surface area contributed by atoms with Crippen LogP contribution in [0.5, 0.6) is 0 Å². The molecule has 0 aliphatic carbocycles. The lowest BCUT2D eigenvalue weighted by molar-refractivity contribution is 0.616. The molecule has 1 N–H and O–H groups in total. The van der Waals surface area contributed by atoms with E-state index < -0.39 is 0 Å². The van der Waals surface area contributed by atoms with E-state index in [2.05, 4.69) is 6.92 Å². The van der Waals surface area contributed by atoms with Gasteiger partial charge in [-0.1, -0.05) is 50.6 Å². The van der Waals surface area contributed by atoms with Gasteiger partial charge in [0.1, 0.15) is 0 Å². The molecule has 0 spiro atoms. The second-order valence-corrected chi connectivity index (χ2v) is 3.38. The lowest BCUT2D eigenvalue weighted by Crippen LogP contribution is -1.85. The fraction of sp³-hybridized carbons (Fsp3) is 0.889. The fourth-order valence-corrected chi connectivity index (χ4v) is 1.19. The predicted octanol–water partition coefficient (Wildman–Crippen LogP) is 3.95. The van der Waals surface area contributed by atoms with E-state index in [1.54, 1.807) is 0 Å². The Morgan fingerprint density at radius 1 is 1.09 bits per heavy atom. The summed E-state index contributed by atoms with van der Waals surface area (Å²) < 4.78 is 0. The summed E-state index contributed by atoms with van der Waals surface area (Å²) in [5.41, 5.74) is 0. The third kappa shape index (κ3) is 9.96. The zero-order valence-electron chi connectivity index (χ0n) is 7.33. The summed E-state index contributed by atoms with van der Waals surface area (Å²) in [6.07, 6.45) is 8.38. The molecule has 0 saturated carbocycles. The second kappa shape index (κ2) is 8.06. The zero-order chi connectivity index (χ0) is 8.53. The van der Waals surface area contributed by atoms with E-state index in [-0.39, 0.29) is 0 Å². The van der Waals surface area contributed by atoms with Crippen molar-refractivity contribution in [1.29, 1.82) is 5.41 Å². The van der Waals surface area contributed by atoms with Gasteiger partial charge in [0.05, 0.1) is 5.17 Å². The molecule has 0 saturated heterocycles. The topological polar surface area (TPSA) is 23.9 Å². The molecule has 0 fully saturated rings. The Balaban J connectivity index is 2.85. The van der Waals surface area contributed by atoms with Gasteiger partial charge in [0.15, 0.2) is 0 Å². The van der Waals surface area contributed by atoms with Gasteiger partial charge < -0.3 is 0 Å². The van der Waals surface area contributed by atoms with Gasteiger partial charge in [-0.15, -0.1) is 0 Å². The Bertz CT molecular complexity index is 102. The van der Waals surface area contributed by atoms with Crippen molar-refractivity contribution in [1.82, 2.24) is 0 Å². The summed E-state index contributed by atoms with van der Waals surface area (Å²) in [5.74, 6) is 0. The second-order valence-electron chi connectivity index (χ2n) is 2.92. The van der Waals surface area contributed by atoms with Crippen LogP contribution in [0.3, 0.4) is 0 Å². The number of halogens is 1. The first-order valence-electron chi connectivity index (χ1n) is 4.50. The molecule has 0 aromatic heterocycles. The van der Waals surface area contributed by atoms with Crippen molar-refractivity contribution < 1.29 is 0 Å². The monoisotopic (exact) mass is 175 g/mol. The third-order valence-electron chi connectivity index (χ3n) is 1.75. The summed E-state index contributed by atoms with van der Waals surface area (Å²) in [6.45, 7) is 2.22. The molecule has 0 atom stereocenters. The van der Waals surface area contributed by atoms with E-state index in [1.807, 2.05) is 0 Å². The van der Waals surface area contributed by atoms with Crippen LogP contribution in [0.25, 0.3) is 0 Å². The van der Waals surface area contributed by atoms with Crippen molar-refractivity contribution in [3.05, 3.63) is 0 Å². The van der Waals surface area contributed by atoms with Gasteiger partial charge >= 0.3 is 0 Å². The minimum absolute atomic E-state index is 0.306. The average Bonchev–Trinajstić information content (AvgIpc) is 1.96. The van der Waals surface area contributed by atoms with Crippen LogP contribution in [0.1, 0.15) is 51.9 Å². The Labute approximate surface area is 74.6 Å². The molecule has 0 aliphatic heterocycles. The van der Waals surface area contributed by atoms with Gasteiger partial charge in [0.2, 0.25) is 0 Å². The fourth-order valence-electron chi connectivity index (χ4n) is 1.06. The van der Waals surface area contributed by atoms with Crippen molar-refractivity contribution in [3.8, 4) is 0 Å². The first kappa shape index (κ1) is 11.0. The van der Waals surface area contributed by atoms with Crippen LogP contribution in [0.4, 0.5) is 0 Å². The highest BCUT2D eigenvalue weighted by atomic mass is 35.5. The molecule has 11 heavy (non-hydrogen) atoms. The van der Waals surface area contributed by atoms with Gasteiger partial charge in [0, 0.05) is 0 Å². The van der Waals surface area contributed by atoms with Crippen LogP contribution in [-0.4, -0.2) is 5.17 Å². The molecule has 66 valence electrons. The van der Waals surface area contributed by atoms with E-state index in [0.29, 0.717) is 5.17 Å². The van der Waals surface area contributed by atoms with Crippen LogP contribution in [-0.2, 0) is 0 Å². The molecular formula is C9H18ClN. The zero-order valence-corrected chi connectivity index (χ0v) is 8.08. The molecule has 0 aliphatic rings. The number of hydrogen-bond donors (Lipinski definition) is 1. The van der Waals surface area contributed by atoms with Gasteiger partial charge in [0.25, 0.3) is 0 Å². The smallest absolute Gasteiger partial charge is 0.0968 e. The number of nitrogens with one attached hydrogen (secondary N) is 1. The van der Waals surface area contributed by atoms with Crippen LogP contribution in [0, 0.1) is 5.41 Å². The predicted molar refractivity (Wildman–Crippen MR) is 51.6 cm³/mol. The maximum Gasteiger partial charge on any atom is 0.0968 e. The average molecular weight is 176 g/mol. The summed E-state index contributed by atoms with van der Waals surface area (Å²) in [4.78, 5) is 0. The standard InChI is InChI=1S/C9H18ClN/c1-2-3-4-5-6-7-8-9(10)11/h11H,2-8H2,1H3. The molecule has 0 heterocycles. The molecule has 0 aromatic carbocycles. The molecule has 0 bridgehead atoms. The van der Waals surface area contributed by atoms with Crippen LogP contribution < -0.4 is 0 Å². The van der Waals surface area contributed by atoms with Crippen molar-refractivity contribution in [2.24, 2.45) is 0 Å². The molecule has 0 radical (unpaired) electrons. The largest absolute Gasteiger partial charge is 0.293 e. The summed E-state index contributed by atoms with van der Waals surface area (Å²) in [5, 5.41) is 7.28. The first-order chi connectivity index (χ1) is 5.27. The molecular weight excluding hydrogens is 158 g/mol. The maximum atomic E-state index is 6.98. The summed E-state index contributed by atoms with van der Waals surface area (Å²) in [6, 6.07) is 0. The molecule has 2 heteroatoms. The van der Waals surface area contributed by atoms with Gasteiger partial charge in [-0.3, -0.25) is 5.41 Å². The Kier molecular flexibility index (Phi) is 8.03. The highest BCUT2D eigenvalue weighted by Crippen LogP contribution is 2.07. The molecule has 0 amide bonds. The Morgan fingerprint density at radius 2 is 1.64 bits per heavy atom. The highest BCUT2D eigenvalue weighted by Gasteiger charge is 1.92. The SMILES string of the molecule is CCCCCCCCC(=N)Cl. The Morgan fingerprint density at radius 3 is 2.18 bits per heavy atom. The minimum atomic E-state index is 0.306. The van der Waals surface area contributed by atoms with Crippen molar-refractivity contribution in [2.45, 2.75) is 51.9 Å². The van der Waals surface area contributed by atoms with Gasteiger partial charge in [-0.05, 0) is 12.8 Å². The van der Waals surface area contributed by atoms with Crippen molar-refractivity contribution in [2.75, 3.05) is 0 Å². The van der Waals surface area contributed by atoms with Gasteiger partial charge in [-0.25, -0.2) is 0 Å². The molecule has 0 rings (SSSR count). The van der Waals surface area contributed by atoms with E-state index in [9.17, 15) is 0 Å². The number of rotatable bonds is 7. The summed E-state index contributed by atoms with van der Waals surface area (Å²) >= 11 is 5.40. The highest BCUT2D eigenvalue weighted by molar-refractivity contribution is 6.64. The normalized spacial score (nSPS) is 10.0. The molecule has 0 aromatic rings. The maximum absolute atomic E-state index is 6.98. The summed E-state index contributed by atoms with van der Waals surface area (Å²) in [7, 11) is 0. The Hall–Kier alpha value is -0.0400. The minimum Gasteiger partial charge on any atom is -0.293 e. The van der Waals surface area contributed by atoms with Crippen LogP contribution >= 0.6 is 11.6 Å². The first-order valence-corrected chi connectivity index (χ1v) is 4.88. The quantitative estimate of drug-likeness (QED) is 0.448. The van der Waals surface area contributed by atoms with Crippen LogP contribution in [0.2, 0.25) is 0 Å². The third-order valence-corrected chi connectivity index (χ3v) is 1.94. The number of hydrogen-bond acceptors (Lipinski definition) is 1. The van der Waals surface area contributed by atoms with Crippen molar-refractivity contribution in [3.63, 3.8) is 0 Å².